The average molecular weight is 560 g/mol. The lowest BCUT2D eigenvalue weighted by atomic mass is 9.81. The predicted octanol–water partition coefficient (Wildman–Crippen LogP) is 5.13. The van der Waals surface area contributed by atoms with E-state index in [1.807, 2.05) is 77.9 Å². The fourth-order valence-corrected chi connectivity index (χ4v) is 4.01. The summed E-state index contributed by atoms with van der Waals surface area (Å²) in [5, 5.41) is 2.82. The molecule has 0 spiro atoms. The lowest BCUT2D eigenvalue weighted by Crippen LogP contribution is -2.44. The first-order chi connectivity index (χ1) is 18.3. The Hall–Kier alpha value is -2.74. The molecule has 0 radical (unpaired) electrons. The predicted molar refractivity (Wildman–Crippen MR) is 160 cm³/mol. The minimum atomic E-state index is -0.671. The Morgan fingerprint density at radius 3 is 1.90 bits per heavy atom. The van der Waals surface area contributed by atoms with Gasteiger partial charge in [-0.25, -0.2) is 4.79 Å². The number of ether oxygens (including phenoxy) is 1. The number of nitrogens with one attached hydrogen (secondary N) is 1. The number of nitrogens with zero attached hydrogens (tertiary/aromatic N) is 2. The van der Waals surface area contributed by atoms with Crippen LogP contribution in [0, 0.1) is 22.7 Å². The summed E-state index contributed by atoms with van der Waals surface area (Å²) in [6.45, 7) is 19.4. The van der Waals surface area contributed by atoms with Crippen LogP contribution in [0.2, 0.25) is 0 Å². The zero-order chi connectivity index (χ0) is 30.8. The van der Waals surface area contributed by atoms with Gasteiger partial charge in [0.15, 0.2) is 5.78 Å². The molecule has 0 saturated carbocycles. The molecule has 1 N–H and O–H groups in total. The average Bonchev–Trinajstić information content (AvgIpc) is 2.82. The molecular formula is C32H53N3O5. The largest absolute Gasteiger partial charge is 0.445 e. The Morgan fingerprint density at radius 1 is 0.875 bits per heavy atom. The molecule has 0 unspecified atom stereocenters. The van der Waals surface area contributed by atoms with Gasteiger partial charge in [-0.1, -0.05) is 79.7 Å². The molecule has 0 bridgehead atoms. The van der Waals surface area contributed by atoms with E-state index in [0.717, 1.165) is 17.7 Å². The van der Waals surface area contributed by atoms with Crippen LogP contribution in [0.1, 0.15) is 79.9 Å². The molecule has 0 aliphatic carbocycles. The van der Waals surface area contributed by atoms with E-state index in [0.29, 0.717) is 13.1 Å². The Balaban J connectivity index is 2.70. The third-order valence-corrected chi connectivity index (χ3v) is 6.73. The topological polar surface area (TPSA) is 96.0 Å². The summed E-state index contributed by atoms with van der Waals surface area (Å²) in [6, 6.07) is 6.70. The van der Waals surface area contributed by atoms with Crippen molar-refractivity contribution in [2.45, 2.75) is 87.8 Å². The van der Waals surface area contributed by atoms with Crippen molar-refractivity contribution in [3.63, 3.8) is 0 Å². The van der Waals surface area contributed by atoms with E-state index in [2.05, 4.69) is 26.1 Å². The van der Waals surface area contributed by atoms with E-state index in [4.69, 9.17) is 4.74 Å². The van der Waals surface area contributed by atoms with Crippen molar-refractivity contribution in [1.82, 2.24) is 15.1 Å². The Kier molecular flexibility index (Phi) is 13.5. The van der Waals surface area contributed by atoms with E-state index >= 15 is 0 Å². The Labute approximate surface area is 242 Å². The fraction of sp³-hybridized carbons (Fsp3) is 0.688. The Morgan fingerprint density at radius 2 is 1.43 bits per heavy atom. The van der Waals surface area contributed by atoms with Crippen LogP contribution in [-0.2, 0) is 32.1 Å². The van der Waals surface area contributed by atoms with Crippen molar-refractivity contribution in [2.75, 3.05) is 33.7 Å². The lowest BCUT2D eigenvalue weighted by Gasteiger charge is -2.30. The lowest BCUT2D eigenvalue weighted by molar-refractivity contribution is -0.135. The first kappa shape index (κ1) is 35.3. The molecule has 0 fully saturated rings. The molecule has 1 rings (SSSR count). The maximum atomic E-state index is 12.9. The SMILES string of the molecule is CC(C)[C@H](CC(=O)C(C)(C)C)C(=O)N[C@@H](C)C(=O)Cc1ccc(COC(=O)N(CCN(C)C)CC(C)(C)C)cc1. The van der Waals surface area contributed by atoms with Crippen molar-refractivity contribution in [2.24, 2.45) is 22.7 Å². The van der Waals surface area contributed by atoms with E-state index in [9.17, 15) is 19.2 Å². The Bertz CT molecular complexity index is 987. The highest BCUT2D eigenvalue weighted by molar-refractivity contribution is 5.93. The fourth-order valence-electron chi connectivity index (χ4n) is 4.01. The summed E-state index contributed by atoms with van der Waals surface area (Å²) in [5.41, 5.74) is 1.08. The van der Waals surface area contributed by atoms with Crippen LogP contribution >= 0.6 is 0 Å². The maximum Gasteiger partial charge on any atom is 0.410 e. The molecule has 0 saturated heterocycles. The van der Waals surface area contributed by atoms with Crippen LogP contribution in [0.3, 0.4) is 0 Å². The summed E-state index contributed by atoms with van der Waals surface area (Å²) in [7, 11) is 3.95. The van der Waals surface area contributed by atoms with E-state index in [1.54, 1.807) is 11.8 Å². The maximum absolute atomic E-state index is 12.9. The minimum absolute atomic E-state index is 0.0243. The monoisotopic (exact) mass is 559 g/mol. The number of ketones is 2. The number of amides is 2. The quantitative estimate of drug-likeness (QED) is 0.340. The zero-order valence-corrected chi connectivity index (χ0v) is 26.7. The van der Waals surface area contributed by atoms with Crippen LogP contribution in [0.4, 0.5) is 4.79 Å². The third-order valence-electron chi connectivity index (χ3n) is 6.73. The molecule has 2 amide bonds. The van der Waals surface area contributed by atoms with Crippen LogP contribution < -0.4 is 5.32 Å². The van der Waals surface area contributed by atoms with Gasteiger partial charge in [-0.3, -0.25) is 14.4 Å². The van der Waals surface area contributed by atoms with Crippen LogP contribution in [-0.4, -0.2) is 73.1 Å². The first-order valence-electron chi connectivity index (χ1n) is 14.3. The molecule has 2 atom stereocenters. The summed E-state index contributed by atoms with van der Waals surface area (Å²) < 4.78 is 5.59. The van der Waals surface area contributed by atoms with Crippen LogP contribution in [0.15, 0.2) is 24.3 Å². The van der Waals surface area contributed by atoms with Crippen molar-refractivity contribution >= 4 is 23.6 Å². The van der Waals surface area contributed by atoms with Gasteiger partial charge < -0.3 is 19.9 Å². The first-order valence-corrected chi connectivity index (χ1v) is 14.3. The number of hydrogen-bond donors (Lipinski definition) is 1. The van der Waals surface area contributed by atoms with Gasteiger partial charge in [0.05, 0.1) is 6.04 Å². The molecule has 8 heteroatoms. The van der Waals surface area contributed by atoms with Gasteiger partial charge in [0.2, 0.25) is 5.91 Å². The highest BCUT2D eigenvalue weighted by Crippen LogP contribution is 2.24. The second-order valence-electron chi connectivity index (χ2n) is 13.8. The van der Waals surface area contributed by atoms with Crippen molar-refractivity contribution in [3.05, 3.63) is 35.4 Å². The zero-order valence-electron chi connectivity index (χ0n) is 26.7. The summed E-state index contributed by atoms with van der Waals surface area (Å²) in [6.07, 6.45) is -0.0214. The van der Waals surface area contributed by atoms with Crippen LogP contribution in [0.5, 0.6) is 0 Å². The van der Waals surface area contributed by atoms with Gasteiger partial charge in [0, 0.05) is 43.8 Å². The number of carbonyl (C=O) groups excluding carboxylic acids is 4. The molecule has 1 aromatic carbocycles. The van der Waals surface area contributed by atoms with Gasteiger partial charge >= 0.3 is 6.09 Å². The molecule has 0 heterocycles. The highest BCUT2D eigenvalue weighted by Gasteiger charge is 2.31. The third kappa shape index (κ3) is 13.1. The highest BCUT2D eigenvalue weighted by atomic mass is 16.6. The molecule has 40 heavy (non-hydrogen) atoms. The number of Topliss-reactive ketones (excluding diaryl/α,β-unsaturated/α-hetero) is 2. The molecule has 0 aliphatic rings. The minimum Gasteiger partial charge on any atom is -0.445 e. The van der Waals surface area contributed by atoms with E-state index in [-0.39, 0.29) is 54.3 Å². The number of benzene rings is 1. The molecule has 0 aromatic heterocycles. The molecule has 0 aliphatic heterocycles. The van der Waals surface area contributed by atoms with E-state index in [1.165, 1.54) is 0 Å². The summed E-state index contributed by atoms with van der Waals surface area (Å²) in [4.78, 5) is 54.8. The standard InChI is InChI=1S/C32H53N3O5/c1-22(2)26(19-28(37)32(7,8)9)29(38)33-23(3)27(36)18-24-12-14-25(15-13-24)20-40-30(39)35(17-16-34(10)11)21-31(4,5)6/h12-15,22-23,26H,16-21H2,1-11H3,(H,33,38)/t23-,26-/m0/s1. The normalized spacial score (nSPS) is 13.6. The van der Waals surface area contributed by atoms with Crippen molar-refractivity contribution in [1.29, 1.82) is 0 Å². The molecule has 8 nitrogen and oxygen atoms in total. The molecule has 1 aromatic rings. The van der Waals surface area contributed by atoms with Crippen molar-refractivity contribution < 1.29 is 23.9 Å². The number of hydrogen-bond acceptors (Lipinski definition) is 6. The number of rotatable bonds is 14. The van der Waals surface area contributed by atoms with Gasteiger partial charge in [0.25, 0.3) is 0 Å². The van der Waals surface area contributed by atoms with Gasteiger partial charge in [-0.05, 0) is 43.5 Å². The summed E-state index contributed by atoms with van der Waals surface area (Å²) >= 11 is 0. The summed E-state index contributed by atoms with van der Waals surface area (Å²) in [5.74, 6) is -0.857. The van der Waals surface area contributed by atoms with E-state index < -0.39 is 17.4 Å². The van der Waals surface area contributed by atoms with Gasteiger partial charge in [0.1, 0.15) is 12.4 Å². The second kappa shape index (κ2) is 15.3. The van der Waals surface area contributed by atoms with Crippen molar-refractivity contribution in [3.8, 4) is 0 Å². The van der Waals surface area contributed by atoms with Crippen LogP contribution in [0.25, 0.3) is 0 Å². The molecular weight excluding hydrogens is 506 g/mol. The number of carbonyl (C=O) groups is 4. The van der Waals surface area contributed by atoms with Gasteiger partial charge in [-0.15, -0.1) is 0 Å². The van der Waals surface area contributed by atoms with Gasteiger partial charge in [-0.2, -0.15) is 0 Å². The smallest absolute Gasteiger partial charge is 0.410 e. The molecule has 226 valence electrons. The number of likely N-dealkylation sites (N-methyl/N-ethyl adjacent to an activating group) is 1. The second-order valence-corrected chi connectivity index (χ2v) is 13.8.